The predicted octanol–water partition coefficient (Wildman–Crippen LogP) is 4.04. The fourth-order valence-corrected chi connectivity index (χ4v) is 2.63. The van der Waals surface area contributed by atoms with Crippen molar-refractivity contribution >= 4 is 24.4 Å². The second-order valence-electron chi connectivity index (χ2n) is 5.02. The zero-order valence-electron chi connectivity index (χ0n) is 9.87. The topological polar surface area (TPSA) is 20.2 Å². The summed E-state index contributed by atoms with van der Waals surface area (Å²) in [5, 5.41) is 9.95. The number of hydrogen-bond acceptors (Lipinski definition) is 3. The molecule has 0 aliphatic heterocycles. The molecule has 0 heterocycles. The van der Waals surface area contributed by atoms with Gasteiger partial charge in [-0.3, -0.25) is 0 Å². The molecule has 0 saturated heterocycles. The van der Waals surface area contributed by atoms with Gasteiger partial charge in [0.25, 0.3) is 0 Å². The second kappa shape index (κ2) is 4.88. The molecule has 0 aromatic rings. The summed E-state index contributed by atoms with van der Waals surface area (Å²) < 4.78 is 0. The summed E-state index contributed by atoms with van der Waals surface area (Å²) in [6, 6.07) is 0. The highest BCUT2D eigenvalue weighted by Crippen LogP contribution is 2.40. The Hall–Kier alpha value is -0.0200. The van der Waals surface area contributed by atoms with Gasteiger partial charge in [0.15, 0.2) is 0 Å². The molecular weight excluding hydrogens is 224 g/mol. The van der Waals surface area contributed by atoms with Crippen molar-refractivity contribution in [3.8, 4) is 0 Å². The fraction of sp³-hybridized carbons (Fsp3) is 0.667. The number of rotatable bonds is 2. The number of allylic oxidation sites excluding steroid dienone is 1. The Morgan fingerprint density at radius 2 is 2.13 bits per heavy atom. The first-order valence-electron chi connectivity index (χ1n) is 5.18. The van der Waals surface area contributed by atoms with Gasteiger partial charge in [-0.15, -0.1) is 11.8 Å². The van der Waals surface area contributed by atoms with E-state index in [1.807, 2.05) is 6.26 Å². The summed E-state index contributed by atoms with van der Waals surface area (Å²) in [5.74, 6) is 1.60. The molecule has 1 aliphatic rings. The third-order valence-corrected chi connectivity index (χ3v) is 4.06. The Morgan fingerprint density at radius 3 is 2.53 bits per heavy atom. The van der Waals surface area contributed by atoms with Crippen molar-refractivity contribution in [2.45, 2.75) is 27.2 Å². The Balaban J connectivity index is 3.01. The zero-order valence-corrected chi connectivity index (χ0v) is 11.6. The minimum atomic E-state index is 0.246. The van der Waals surface area contributed by atoms with Gasteiger partial charge in [0.05, 0.1) is 0 Å². The third-order valence-electron chi connectivity index (χ3n) is 2.91. The molecule has 1 atom stereocenters. The summed E-state index contributed by atoms with van der Waals surface area (Å²) in [6.45, 7) is 6.72. The average molecular weight is 244 g/mol. The van der Waals surface area contributed by atoms with Crippen LogP contribution < -0.4 is 0 Å². The van der Waals surface area contributed by atoms with Crippen LogP contribution in [0.5, 0.6) is 0 Å². The van der Waals surface area contributed by atoms with Crippen LogP contribution in [0.2, 0.25) is 0 Å². The van der Waals surface area contributed by atoms with Gasteiger partial charge in [-0.2, -0.15) is 12.6 Å². The minimum absolute atomic E-state index is 0.246. The monoisotopic (exact) mass is 244 g/mol. The van der Waals surface area contributed by atoms with E-state index in [0.29, 0.717) is 17.4 Å². The summed E-state index contributed by atoms with van der Waals surface area (Å²) >= 11 is 5.90. The van der Waals surface area contributed by atoms with Crippen LogP contribution in [0.1, 0.15) is 27.2 Å². The van der Waals surface area contributed by atoms with Crippen molar-refractivity contribution in [2.24, 2.45) is 11.3 Å². The van der Waals surface area contributed by atoms with Crippen molar-refractivity contribution < 1.29 is 5.11 Å². The second-order valence-corrected chi connectivity index (χ2v) is 6.19. The van der Waals surface area contributed by atoms with Crippen LogP contribution in [0.15, 0.2) is 22.3 Å². The minimum Gasteiger partial charge on any atom is -0.507 e. The molecular formula is C12H20OS2. The molecule has 0 fully saturated rings. The van der Waals surface area contributed by atoms with Crippen molar-refractivity contribution in [1.82, 2.24) is 0 Å². The molecule has 1 unspecified atom stereocenters. The molecule has 0 spiro atoms. The van der Waals surface area contributed by atoms with Crippen LogP contribution in [-0.4, -0.2) is 17.1 Å². The molecule has 0 radical (unpaired) electrons. The predicted molar refractivity (Wildman–Crippen MR) is 72.7 cm³/mol. The first-order chi connectivity index (χ1) is 6.90. The van der Waals surface area contributed by atoms with E-state index < -0.39 is 0 Å². The van der Waals surface area contributed by atoms with Crippen LogP contribution in [0.3, 0.4) is 0 Å². The van der Waals surface area contributed by atoms with Crippen molar-refractivity contribution in [3.05, 3.63) is 22.3 Å². The molecule has 0 aromatic carbocycles. The number of aliphatic hydroxyl groups excluding tert-OH is 1. The lowest BCUT2D eigenvalue weighted by Crippen LogP contribution is -2.22. The molecule has 15 heavy (non-hydrogen) atoms. The Morgan fingerprint density at radius 1 is 1.53 bits per heavy atom. The first-order valence-corrected chi connectivity index (χ1v) is 7.04. The summed E-state index contributed by atoms with van der Waals surface area (Å²) in [7, 11) is 0. The lowest BCUT2D eigenvalue weighted by atomic mass is 9.75. The van der Waals surface area contributed by atoms with E-state index in [2.05, 4.69) is 39.5 Å². The maximum atomic E-state index is 9.95. The fourth-order valence-electron chi connectivity index (χ4n) is 1.72. The van der Waals surface area contributed by atoms with E-state index in [4.69, 9.17) is 0 Å². The van der Waals surface area contributed by atoms with E-state index in [0.717, 1.165) is 16.9 Å². The molecule has 1 N–H and O–H groups in total. The molecule has 3 heteroatoms. The molecule has 1 rings (SSSR count). The van der Waals surface area contributed by atoms with Crippen molar-refractivity contribution in [1.29, 1.82) is 0 Å². The zero-order chi connectivity index (χ0) is 11.6. The van der Waals surface area contributed by atoms with Gasteiger partial charge >= 0.3 is 0 Å². The normalized spacial score (nSPS) is 23.0. The average Bonchev–Trinajstić information content (AvgIpc) is 2.16. The first kappa shape index (κ1) is 13.0. The summed E-state index contributed by atoms with van der Waals surface area (Å²) in [5.41, 5.74) is 1.32. The molecule has 0 amide bonds. The lowest BCUT2D eigenvalue weighted by molar-refractivity contribution is 0.280. The highest BCUT2D eigenvalue weighted by atomic mass is 32.2. The van der Waals surface area contributed by atoms with Crippen LogP contribution >= 0.6 is 24.4 Å². The Kier molecular flexibility index (Phi) is 4.24. The largest absolute Gasteiger partial charge is 0.507 e. The van der Waals surface area contributed by atoms with Gasteiger partial charge < -0.3 is 5.11 Å². The molecule has 0 bridgehead atoms. The highest BCUT2D eigenvalue weighted by Gasteiger charge is 2.29. The number of hydrogen-bond donors (Lipinski definition) is 2. The van der Waals surface area contributed by atoms with E-state index >= 15 is 0 Å². The van der Waals surface area contributed by atoms with Gasteiger partial charge in [-0.05, 0) is 29.6 Å². The SMILES string of the molecule is CSC1=CC(C(C)(C)C)CC(CS)=C1O. The van der Waals surface area contributed by atoms with Gasteiger partial charge in [0.2, 0.25) is 0 Å². The molecule has 86 valence electrons. The van der Waals surface area contributed by atoms with Crippen LogP contribution in [0.25, 0.3) is 0 Å². The maximum Gasteiger partial charge on any atom is 0.128 e. The number of thiol groups is 1. The van der Waals surface area contributed by atoms with Crippen LogP contribution in [0, 0.1) is 11.3 Å². The smallest absolute Gasteiger partial charge is 0.128 e. The van der Waals surface area contributed by atoms with E-state index in [1.165, 1.54) is 0 Å². The number of thioether (sulfide) groups is 1. The van der Waals surface area contributed by atoms with Crippen LogP contribution in [0.4, 0.5) is 0 Å². The third kappa shape index (κ3) is 2.97. The Labute approximate surface area is 102 Å². The van der Waals surface area contributed by atoms with Gasteiger partial charge in [-0.25, -0.2) is 0 Å². The highest BCUT2D eigenvalue weighted by molar-refractivity contribution is 8.02. The van der Waals surface area contributed by atoms with Crippen molar-refractivity contribution in [3.63, 3.8) is 0 Å². The standard InChI is InChI=1S/C12H20OS2/c1-12(2,3)9-5-8(7-14)11(13)10(6-9)15-4/h6,9,13-14H,5,7H2,1-4H3. The Bertz CT molecular complexity index is 297. The molecule has 0 aromatic heterocycles. The van der Waals surface area contributed by atoms with E-state index in [-0.39, 0.29) is 5.41 Å². The number of aliphatic hydroxyl groups is 1. The lowest BCUT2D eigenvalue weighted by Gasteiger charge is -2.32. The quantitative estimate of drug-likeness (QED) is 0.715. The molecule has 1 nitrogen and oxygen atoms in total. The van der Waals surface area contributed by atoms with E-state index in [1.54, 1.807) is 11.8 Å². The summed E-state index contributed by atoms with van der Waals surface area (Å²) in [4.78, 5) is 1.00. The molecule has 1 aliphatic carbocycles. The van der Waals surface area contributed by atoms with Crippen LogP contribution in [-0.2, 0) is 0 Å². The van der Waals surface area contributed by atoms with Gasteiger partial charge in [-0.1, -0.05) is 26.8 Å². The van der Waals surface area contributed by atoms with Gasteiger partial charge in [0, 0.05) is 10.7 Å². The maximum absolute atomic E-state index is 9.95. The van der Waals surface area contributed by atoms with E-state index in [9.17, 15) is 5.11 Å². The molecule has 0 saturated carbocycles. The van der Waals surface area contributed by atoms with Gasteiger partial charge in [0.1, 0.15) is 5.76 Å². The summed E-state index contributed by atoms with van der Waals surface area (Å²) in [6.07, 6.45) is 5.14. The van der Waals surface area contributed by atoms with Crippen molar-refractivity contribution in [2.75, 3.05) is 12.0 Å².